The average Bonchev–Trinajstić information content (AvgIpc) is 3.42. The molecule has 0 spiro atoms. The molecular formula is C31H23ClI2N4O2S. The highest BCUT2D eigenvalue weighted by Gasteiger charge is 2.11. The van der Waals surface area contributed by atoms with Crippen molar-refractivity contribution in [2.45, 2.75) is 13.5 Å². The second-order valence-electron chi connectivity index (χ2n) is 9.04. The first-order valence-corrected chi connectivity index (χ1v) is 15.8. The molecule has 0 aliphatic carbocycles. The Balaban J connectivity index is 1.16. The Labute approximate surface area is 274 Å². The number of amides is 1. The number of aromatic nitrogens is 1. The fraction of sp³-hybridized carbons (Fsp3) is 0.0645. The van der Waals surface area contributed by atoms with Gasteiger partial charge in [-0.25, -0.2) is 10.4 Å². The number of nitrogens with zero attached hydrogens (tertiary/aromatic N) is 2. The molecular weight excluding hydrogens is 782 g/mol. The molecule has 0 unspecified atom stereocenters. The Kier molecular flexibility index (Phi) is 9.91. The molecule has 5 aromatic rings. The first-order chi connectivity index (χ1) is 19.8. The molecule has 0 saturated carbocycles. The third-order valence-electron chi connectivity index (χ3n) is 5.91. The SMILES string of the molecule is Cc1cccc(COc2c(I)cc(/C=N\NC(=O)c3ccc(-c4csc(Nc5ccc(Cl)cc5)n4)cc3)cc2I)c1. The number of hydrogen-bond acceptors (Lipinski definition) is 6. The number of carbonyl (C=O) groups excluding carboxylic acids is 1. The molecule has 5 rings (SSSR count). The molecule has 6 nitrogen and oxygen atoms in total. The van der Waals surface area contributed by atoms with Crippen LogP contribution in [0.4, 0.5) is 10.8 Å². The molecule has 0 aliphatic rings. The molecule has 0 fully saturated rings. The van der Waals surface area contributed by atoms with E-state index >= 15 is 0 Å². The summed E-state index contributed by atoms with van der Waals surface area (Å²) in [6, 6.07) is 27.0. The van der Waals surface area contributed by atoms with Crippen LogP contribution in [0.1, 0.15) is 27.0 Å². The lowest BCUT2D eigenvalue weighted by atomic mass is 10.1. The van der Waals surface area contributed by atoms with E-state index in [1.54, 1.807) is 18.3 Å². The molecule has 0 bridgehead atoms. The molecule has 206 valence electrons. The molecule has 2 N–H and O–H groups in total. The molecule has 1 heterocycles. The number of nitrogens with one attached hydrogen (secondary N) is 2. The van der Waals surface area contributed by atoms with Gasteiger partial charge >= 0.3 is 0 Å². The van der Waals surface area contributed by atoms with E-state index in [1.807, 2.05) is 60.0 Å². The third kappa shape index (κ3) is 8.06. The van der Waals surface area contributed by atoms with E-state index in [1.165, 1.54) is 16.9 Å². The number of halogens is 3. The van der Waals surface area contributed by atoms with Crippen molar-refractivity contribution >= 4 is 91.1 Å². The minimum absolute atomic E-state index is 0.293. The fourth-order valence-corrected chi connectivity index (χ4v) is 6.89. The van der Waals surface area contributed by atoms with E-state index in [2.05, 4.69) is 91.1 Å². The maximum atomic E-state index is 12.7. The Bertz CT molecular complexity index is 1680. The lowest BCUT2D eigenvalue weighted by Crippen LogP contribution is -2.17. The summed E-state index contributed by atoms with van der Waals surface area (Å²) in [6.07, 6.45) is 1.63. The zero-order chi connectivity index (χ0) is 28.8. The van der Waals surface area contributed by atoms with Crippen LogP contribution < -0.4 is 15.5 Å². The zero-order valence-electron chi connectivity index (χ0n) is 21.7. The monoisotopic (exact) mass is 804 g/mol. The largest absolute Gasteiger partial charge is 0.487 e. The van der Waals surface area contributed by atoms with Crippen LogP contribution in [0.5, 0.6) is 5.75 Å². The highest BCUT2D eigenvalue weighted by molar-refractivity contribution is 14.1. The van der Waals surface area contributed by atoms with E-state index < -0.39 is 0 Å². The van der Waals surface area contributed by atoms with Crippen molar-refractivity contribution in [2.75, 3.05) is 5.32 Å². The van der Waals surface area contributed by atoms with Crippen molar-refractivity contribution in [3.63, 3.8) is 0 Å². The topological polar surface area (TPSA) is 75.6 Å². The maximum Gasteiger partial charge on any atom is 0.271 e. The van der Waals surface area contributed by atoms with Crippen LogP contribution in [-0.2, 0) is 6.61 Å². The van der Waals surface area contributed by atoms with Gasteiger partial charge in [0.15, 0.2) is 5.13 Å². The Morgan fingerprint density at radius 3 is 2.46 bits per heavy atom. The number of ether oxygens (including phenoxy) is 1. The molecule has 4 aromatic carbocycles. The fourth-order valence-electron chi connectivity index (χ4n) is 3.89. The highest BCUT2D eigenvalue weighted by Crippen LogP contribution is 2.30. The van der Waals surface area contributed by atoms with Crippen LogP contribution in [0.2, 0.25) is 5.02 Å². The minimum atomic E-state index is -0.293. The summed E-state index contributed by atoms with van der Waals surface area (Å²) in [6.45, 7) is 2.57. The first kappa shape index (κ1) is 29.5. The molecule has 10 heteroatoms. The van der Waals surface area contributed by atoms with Gasteiger partial charge in [-0.3, -0.25) is 4.79 Å². The van der Waals surface area contributed by atoms with E-state index in [0.29, 0.717) is 17.2 Å². The van der Waals surface area contributed by atoms with Crippen molar-refractivity contribution in [1.82, 2.24) is 10.4 Å². The van der Waals surface area contributed by atoms with Crippen LogP contribution in [0, 0.1) is 14.1 Å². The number of benzene rings is 4. The summed E-state index contributed by atoms with van der Waals surface area (Å²) in [5, 5.41) is 10.9. The van der Waals surface area contributed by atoms with Gasteiger partial charge in [0.05, 0.1) is 19.0 Å². The van der Waals surface area contributed by atoms with Crippen LogP contribution in [0.15, 0.2) is 95.4 Å². The van der Waals surface area contributed by atoms with Gasteiger partial charge < -0.3 is 10.1 Å². The van der Waals surface area contributed by atoms with E-state index in [9.17, 15) is 4.79 Å². The second-order valence-corrected chi connectivity index (χ2v) is 12.7. The first-order valence-electron chi connectivity index (χ1n) is 12.4. The smallest absolute Gasteiger partial charge is 0.271 e. The van der Waals surface area contributed by atoms with Gasteiger partial charge in [-0.05, 0) is 112 Å². The standard InChI is InChI=1S/C31H23ClI2N4O2S/c1-19-3-2-4-20(13-19)17-40-29-26(33)14-21(15-27(29)34)16-35-38-30(39)23-7-5-22(6-8-23)28-18-41-31(37-28)36-25-11-9-24(32)10-12-25/h2-16,18H,17H2,1H3,(H,36,37)(H,38,39)/b35-16-. The number of aryl methyl sites for hydroxylation is 1. The van der Waals surface area contributed by atoms with Crippen LogP contribution in [0.3, 0.4) is 0 Å². The predicted octanol–water partition coefficient (Wildman–Crippen LogP) is 9.07. The van der Waals surface area contributed by atoms with Crippen molar-refractivity contribution < 1.29 is 9.53 Å². The predicted molar refractivity (Wildman–Crippen MR) is 185 cm³/mol. The highest BCUT2D eigenvalue weighted by atomic mass is 127. The van der Waals surface area contributed by atoms with E-state index in [0.717, 1.165) is 46.1 Å². The van der Waals surface area contributed by atoms with E-state index in [4.69, 9.17) is 16.3 Å². The molecule has 41 heavy (non-hydrogen) atoms. The van der Waals surface area contributed by atoms with Crippen LogP contribution in [-0.4, -0.2) is 17.1 Å². The molecule has 0 aliphatic heterocycles. The van der Waals surface area contributed by atoms with Gasteiger partial charge in [-0.2, -0.15) is 5.10 Å². The minimum Gasteiger partial charge on any atom is -0.487 e. The molecule has 0 saturated heterocycles. The summed E-state index contributed by atoms with van der Waals surface area (Å²) < 4.78 is 8.04. The number of carbonyl (C=O) groups is 1. The summed E-state index contributed by atoms with van der Waals surface area (Å²) in [5.74, 6) is 0.542. The molecule has 0 radical (unpaired) electrons. The normalized spacial score (nSPS) is 11.0. The van der Waals surface area contributed by atoms with Gasteiger partial charge in [0.25, 0.3) is 5.91 Å². The number of rotatable bonds is 9. The summed E-state index contributed by atoms with van der Waals surface area (Å²) >= 11 is 12.0. The van der Waals surface area contributed by atoms with Crippen LogP contribution >= 0.6 is 68.1 Å². The summed E-state index contributed by atoms with van der Waals surface area (Å²) in [7, 11) is 0. The second kappa shape index (κ2) is 13.8. The number of thiazole rings is 1. The molecule has 1 aromatic heterocycles. The van der Waals surface area contributed by atoms with Gasteiger partial charge in [0.2, 0.25) is 0 Å². The van der Waals surface area contributed by atoms with Crippen molar-refractivity contribution in [3.8, 4) is 17.0 Å². The number of hydrazone groups is 1. The lowest BCUT2D eigenvalue weighted by molar-refractivity contribution is 0.0955. The van der Waals surface area contributed by atoms with Gasteiger partial charge in [0, 0.05) is 27.2 Å². The van der Waals surface area contributed by atoms with Gasteiger partial charge in [0.1, 0.15) is 12.4 Å². The molecule has 1 amide bonds. The number of anilines is 2. The van der Waals surface area contributed by atoms with Crippen LogP contribution in [0.25, 0.3) is 11.3 Å². The van der Waals surface area contributed by atoms with Crippen molar-refractivity contribution in [3.05, 3.63) is 125 Å². The summed E-state index contributed by atoms with van der Waals surface area (Å²) in [4.78, 5) is 17.3. The Morgan fingerprint density at radius 1 is 1.02 bits per heavy atom. The summed E-state index contributed by atoms with van der Waals surface area (Å²) in [5.41, 5.74) is 8.96. The van der Waals surface area contributed by atoms with Crippen molar-refractivity contribution in [1.29, 1.82) is 0 Å². The lowest BCUT2D eigenvalue weighted by Gasteiger charge is -2.12. The average molecular weight is 805 g/mol. The molecule has 0 atom stereocenters. The Morgan fingerprint density at radius 2 is 1.76 bits per heavy atom. The van der Waals surface area contributed by atoms with Crippen molar-refractivity contribution in [2.24, 2.45) is 5.10 Å². The zero-order valence-corrected chi connectivity index (χ0v) is 27.6. The maximum absolute atomic E-state index is 12.7. The number of hydrogen-bond donors (Lipinski definition) is 2. The quantitative estimate of drug-likeness (QED) is 0.0887. The Hall–Kier alpha value is -3.00. The van der Waals surface area contributed by atoms with Gasteiger partial charge in [-0.1, -0.05) is 53.6 Å². The van der Waals surface area contributed by atoms with Gasteiger partial charge in [-0.15, -0.1) is 11.3 Å². The third-order valence-corrected chi connectivity index (χ3v) is 8.52. The van der Waals surface area contributed by atoms with E-state index in [-0.39, 0.29) is 5.91 Å².